The Hall–Kier alpha value is -2.48. The van der Waals surface area contributed by atoms with Crippen LogP contribution >= 0.6 is 22.9 Å². The molecule has 2 N–H and O–H groups in total. The van der Waals surface area contributed by atoms with Crippen LogP contribution < -0.4 is 10.1 Å². The Kier molecular flexibility index (Phi) is 7.79. The SMILES string of the molecule is Cc1cc(Cl)ccc1N=c1scc(-c2ccc(F)cc2)n1CCCNCCC(=O)O. The van der Waals surface area contributed by atoms with E-state index in [1.165, 1.54) is 23.5 Å². The van der Waals surface area contributed by atoms with E-state index in [9.17, 15) is 9.18 Å². The van der Waals surface area contributed by atoms with Crippen molar-refractivity contribution in [3.05, 3.63) is 69.0 Å². The van der Waals surface area contributed by atoms with Crippen molar-refractivity contribution < 1.29 is 14.3 Å². The molecule has 0 saturated heterocycles. The zero-order chi connectivity index (χ0) is 21.5. The number of carboxylic acid groups (broad SMARTS) is 1. The fourth-order valence-corrected chi connectivity index (χ4v) is 4.19. The van der Waals surface area contributed by atoms with Crippen molar-refractivity contribution in [1.82, 2.24) is 9.88 Å². The third-order valence-electron chi connectivity index (χ3n) is 4.56. The molecule has 0 aliphatic rings. The van der Waals surface area contributed by atoms with Crippen LogP contribution in [0.5, 0.6) is 0 Å². The lowest BCUT2D eigenvalue weighted by atomic mass is 10.1. The van der Waals surface area contributed by atoms with E-state index < -0.39 is 5.97 Å². The first-order valence-corrected chi connectivity index (χ1v) is 10.9. The molecule has 0 spiro atoms. The third-order valence-corrected chi connectivity index (χ3v) is 5.66. The average molecular weight is 448 g/mol. The minimum atomic E-state index is -0.812. The van der Waals surface area contributed by atoms with E-state index in [1.54, 1.807) is 12.1 Å². The van der Waals surface area contributed by atoms with Crippen LogP contribution in [0.1, 0.15) is 18.4 Å². The maximum atomic E-state index is 13.4. The quantitative estimate of drug-likeness (QED) is 0.453. The fraction of sp³-hybridized carbons (Fsp3) is 0.273. The van der Waals surface area contributed by atoms with Gasteiger partial charge in [0.25, 0.3) is 0 Å². The molecule has 30 heavy (non-hydrogen) atoms. The molecule has 3 aromatic rings. The molecule has 0 amide bonds. The number of nitrogens with zero attached hydrogens (tertiary/aromatic N) is 2. The minimum absolute atomic E-state index is 0.100. The highest BCUT2D eigenvalue weighted by atomic mass is 35.5. The molecule has 0 aliphatic carbocycles. The van der Waals surface area contributed by atoms with E-state index in [4.69, 9.17) is 21.7 Å². The number of benzene rings is 2. The number of carboxylic acids is 1. The minimum Gasteiger partial charge on any atom is -0.481 e. The second-order valence-electron chi connectivity index (χ2n) is 6.85. The van der Waals surface area contributed by atoms with Crippen LogP contribution in [0.3, 0.4) is 0 Å². The van der Waals surface area contributed by atoms with Crippen molar-refractivity contribution in [1.29, 1.82) is 0 Å². The van der Waals surface area contributed by atoms with Crippen molar-refractivity contribution in [2.75, 3.05) is 13.1 Å². The Bertz CT molecular complexity index is 1080. The largest absolute Gasteiger partial charge is 0.481 e. The van der Waals surface area contributed by atoms with Gasteiger partial charge in [0, 0.05) is 23.5 Å². The summed E-state index contributed by atoms with van der Waals surface area (Å²) < 4.78 is 15.5. The smallest absolute Gasteiger partial charge is 0.304 e. The molecule has 1 heterocycles. The number of hydrogen-bond donors (Lipinski definition) is 2. The van der Waals surface area contributed by atoms with Crippen LogP contribution in [0.4, 0.5) is 10.1 Å². The Balaban J connectivity index is 1.87. The van der Waals surface area contributed by atoms with Crippen LogP contribution in [-0.4, -0.2) is 28.7 Å². The molecule has 0 radical (unpaired) electrons. The summed E-state index contributed by atoms with van der Waals surface area (Å²) in [6, 6.07) is 12.0. The van der Waals surface area contributed by atoms with E-state index in [0.29, 0.717) is 24.7 Å². The Morgan fingerprint density at radius 1 is 1.23 bits per heavy atom. The number of aryl methyl sites for hydroxylation is 1. The summed E-state index contributed by atoms with van der Waals surface area (Å²) in [5.74, 6) is -1.09. The molecular formula is C22H23ClFN3O2S. The number of hydrogen-bond acceptors (Lipinski definition) is 4. The summed E-state index contributed by atoms with van der Waals surface area (Å²) in [7, 11) is 0. The lowest BCUT2D eigenvalue weighted by Crippen LogP contribution is -2.23. The third kappa shape index (κ3) is 6.01. The molecule has 2 aromatic carbocycles. The van der Waals surface area contributed by atoms with E-state index in [1.807, 2.05) is 30.5 Å². The van der Waals surface area contributed by atoms with Crippen molar-refractivity contribution >= 4 is 34.6 Å². The van der Waals surface area contributed by atoms with E-state index in [0.717, 1.165) is 33.7 Å². The molecule has 0 atom stereocenters. The van der Waals surface area contributed by atoms with Crippen LogP contribution in [0.25, 0.3) is 11.3 Å². The second-order valence-corrected chi connectivity index (χ2v) is 8.12. The molecule has 0 unspecified atom stereocenters. The highest BCUT2D eigenvalue weighted by Crippen LogP contribution is 2.24. The van der Waals surface area contributed by atoms with Gasteiger partial charge >= 0.3 is 5.97 Å². The summed E-state index contributed by atoms with van der Waals surface area (Å²) >= 11 is 7.59. The summed E-state index contributed by atoms with van der Waals surface area (Å²) in [6.07, 6.45) is 0.903. The van der Waals surface area contributed by atoms with Crippen molar-refractivity contribution in [2.24, 2.45) is 4.99 Å². The normalized spacial score (nSPS) is 11.8. The zero-order valence-corrected chi connectivity index (χ0v) is 18.1. The zero-order valence-electron chi connectivity index (χ0n) is 16.6. The molecular weight excluding hydrogens is 425 g/mol. The van der Waals surface area contributed by atoms with Gasteiger partial charge in [0.1, 0.15) is 5.82 Å². The molecule has 0 saturated carbocycles. The van der Waals surface area contributed by atoms with E-state index >= 15 is 0 Å². The number of nitrogens with one attached hydrogen (secondary N) is 1. The van der Waals surface area contributed by atoms with Gasteiger partial charge in [-0.2, -0.15) is 0 Å². The molecule has 1 aromatic heterocycles. The van der Waals surface area contributed by atoms with Crippen LogP contribution in [0.15, 0.2) is 52.8 Å². The van der Waals surface area contributed by atoms with Gasteiger partial charge in [-0.15, -0.1) is 11.3 Å². The molecule has 0 fully saturated rings. The number of thiazole rings is 1. The average Bonchev–Trinajstić information content (AvgIpc) is 3.09. The summed E-state index contributed by atoms with van der Waals surface area (Å²) in [4.78, 5) is 16.3. The fourth-order valence-electron chi connectivity index (χ4n) is 3.02. The number of halogens is 2. The molecule has 5 nitrogen and oxygen atoms in total. The summed E-state index contributed by atoms with van der Waals surface area (Å²) in [5.41, 5.74) is 3.72. The Morgan fingerprint density at radius 3 is 2.70 bits per heavy atom. The van der Waals surface area contributed by atoms with Gasteiger partial charge in [-0.3, -0.25) is 4.79 Å². The molecule has 0 aliphatic heterocycles. The van der Waals surface area contributed by atoms with Gasteiger partial charge in [-0.25, -0.2) is 9.38 Å². The van der Waals surface area contributed by atoms with Gasteiger partial charge in [-0.1, -0.05) is 11.6 Å². The predicted molar refractivity (Wildman–Crippen MR) is 119 cm³/mol. The monoisotopic (exact) mass is 447 g/mol. The van der Waals surface area contributed by atoms with Crippen LogP contribution in [0.2, 0.25) is 5.02 Å². The van der Waals surface area contributed by atoms with Crippen molar-refractivity contribution in [3.63, 3.8) is 0 Å². The topological polar surface area (TPSA) is 66.6 Å². The molecule has 8 heteroatoms. The maximum Gasteiger partial charge on any atom is 0.304 e. The van der Waals surface area contributed by atoms with E-state index in [2.05, 4.69) is 9.88 Å². The van der Waals surface area contributed by atoms with Gasteiger partial charge in [0.05, 0.1) is 17.8 Å². The van der Waals surface area contributed by atoms with Crippen LogP contribution in [-0.2, 0) is 11.3 Å². The number of rotatable bonds is 9. The first-order chi connectivity index (χ1) is 14.4. The van der Waals surface area contributed by atoms with Gasteiger partial charge in [-0.05, 0) is 73.5 Å². The number of aromatic nitrogens is 1. The lowest BCUT2D eigenvalue weighted by molar-refractivity contribution is -0.136. The van der Waals surface area contributed by atoms with Crippen molar-refractivity contribution in [3.8, 4) is 11.3 Å². The van der Waals surface area contributed by atoms with Gasteiger partial charge < -0.3 is 15.0 Å². The maximum absolute atomic E-state index is 13.4. The lowest BCUT2D eigenvalue weighted by Gasteiger charge is -2.10. The van der Waals surface area contributed by atoms with Gasteiger partial charge in [0.15, 0.2) is 4.80 Å². The Labute approximate surface area is 183 Å². The second kappa shape index (κ2) is 10.5. The first-order valence-electron chi connectivity index (χ1n) is 9.61. The standard InChI is InChI=1S/C22H23ClFN3O2S/c1-15-13-17(23)5-8-19(15)26-22-27(12-2-10-25-11-9-21(28)29)20(14-30-22)16-3-6-18(24)7-4-16/h3-8,13-14,25H,2,9-12H2,1H3,(H,28,29). The predicted octanol–water partition coefficient (Wildman–Crippen LogP) is 5.00. The highest BCUT2D eigenvalue weighted by molar-refractivity contribution is 7.07. The highest BCUT2D eigenvalue weighted by Gasteiger charge is 2.09. The number of aliphatic carboxylic acids is 1. The van der Waals surface area contributed by atoms with Gasteiger partial charge in [0.2, 0.25) is 0 Å². The van der Waals surface area contributed by atoms with Crippen LogP contribution in [0, 0.1) is 12.7 Å². The van der Waals surface area contributed by atoms with Crippen molar-refractivity contribution in [2.45, 2.75) is 26.3 Å². The first kappa shape index (κ1) is 22.2. The van der Waals surface area contributed by atoms with E-state index in [-0.39, 0.29) is 12.2 Å². The molecule has 158 valence electrons. The molecule has 3 rings (SSSR count). The number of carbonyl (C=O) groups is 1. The molecule has 0 bridgehead atoms. The Morgan fingerprint density at radius 2 is 2.00 bits per heavy atom. The summed E-state index contributed by atoms with van der Waals surface area (Å²) in [6.45, 7) is 3.80. The summed E-state index contributed by atoms with van der Waals surface area (Å²) in [5, 5.41) is 14.6.